The molecule has 1 aromatic carbocycles. The summed E-state index contributed by atoms with van der Waals surface area (Å²) >= 11 is 6.65. The van der Waals surface area contributed by atoms with E-state index in [1.165, 1.54) is 0 Å². The van der Waals surface area contributed by atoms with E-state index < -0.39 is 12.1 Å². The van der Waals surface area contributed by atoms with Gasteiger partial charge in [-0.3, -0.25) is 10.1 Å². The van der Waals surface area contributed by atoms with Crippen molar-refractivity contribution in [2.75, 3.05) is 5.32 Å². The number of alkyl halides is 3. The van der Waals surface area contributed by atoms with Gasteiger partial charge in [0.25, 0.3) is 0 Å². The number of nitrogens with zero attached hydrogens (tertiary/aromatic N) is 1. The first kappa shape index (κ1) is 12.1. The molecule has 1 aromatic heterocycles. The van der Waals surface area contributed by atoms with E-state index in [0.29, 0.717) is 15.2 Å². The van der Waals surface area contributed by atoms with Crippen LogP contribution in [0.1, 0.15) is 0 Å². The number of hydrogen-bond donors (Lipinski definition) is 1. The van der Waals surface area contributed by atoms with Gasteiger partial charge in [0.1, 0.15) is 0 Å². The van der Waals surface area contributed by atoms with Gasteiger partial charge in [0, 0.05) is 5.02 Å². The summed E-state index contributed by atoms with van der Waals surface area (Å²) in [6, 6.07) is 4.70. The highest BCUT2D eigenvalue weighted by molar-refractivity contribution is 7.22. The summed E-state index contributed by atoms with van der Waals surface area (Å²) in [5, 5.41) is 2.04. The van der Waals surface area contributed by atoms with Gasteiger partial charge >= 0.3 is 12.1 Å². The third kappa shape index (κ3) is 2.67. The van der Waals surface area contributed by atoms with E-state index >= 15 is 0 Å². The molecule has 1 amide bonds. The van der Waals surface area contributed by atoms with Crippen LogP contribution in [0.2, 0.25) is 5.02 Å². The highest BCUT2D eigenvalue weighted by Gasteiger charge is 2.39. The van der Waals surface area contributed by atoms with Crippen molar-refractivity contribution in [3.8, 4) is 0 Å². The fourth-order valence-corrected chi connectivity index (χ4v) is 2.26. The topological polar surface area (TPSA) is 42.0 Å². The Morgan fingerprint density at radius 1 is 1.41 bits per heavy atom. The van der Waals surface area contributed by atoms with Gasteiger partial charge in [0.15, 0.2) is 5.13 Å². The van der Waals surface area contributed by atoms with Crippen molar-refractivity contribution in [2.24, 2.45) is 0 Å². The van der Waals surface area contributed by atoms with Gasteiger partial charge in [-0.1, -0.05) is 22.9 Å². The van der Waals surface area contributed by atoms with Crippen molar-refractivity contribution in [2.45, 2.75) is 6.18 Å². The summed E-state index contributed by atoms with van der Waals surface area (Å²) < 4.78 is 36.6. The molecule has 0 saturated heterocycles. The van der Waals surface area contributed by atoms with Crippen molar-refractivity contribution in [1.29, 1.82) is 0 Å². The van der Waals surface area contributed by atoms with Crippen LogP contribution >= 0.6 is 22.9 Å². The van der Waals surface area contributed by atoms with Crippen LogP contribution in [0.15, 0.2) is 18.2 Å². The molecule has 2 rings (SSSR count). The van der Waals surface area contributed by atoms with Crippen LogP contribution < -0.4 is 5.32 Å². The summed E-state index contributed by atoms with van der Waals surface area (Å²) in [7, 11) is 0. The third-order valence-electron chi connectivity index (χ3n) is 1.83. The predicted molar refractivity (Wildman–Crippen MR) is 59.3 cm³/mol. The maximum Gasteiger partial charge on any atom is 0.471 e. The molecule has 0 atom stereocenters. The summed E-state index contributed by atoms with van der Waals surface area (Å²) in [5.74, 6) is -2.04. The molecule has 0 saturated carbocycles. The standard InChI is InChI=1S/C9H4ClF3N2OS/c10-4-1-2-5-6(3-4)17-8(14-5)15-7(16)9(11,12)13/h1-3H,(H,14,15,16). The zero-order valence-corrected chi connectivity index (χ0v) is 9.58. The molecular formula is C9H4ClF3N2OS. The predicted octanol–water partition coefficient (Wildman–Crippen LogP) is 3.45. The summed E-state index contributed by atoms with van der Waals surface area (Å²) in [5.41, 5.74) is 0.483. The van der Waals surface area contributed by atoms with Crippen molar-refractivity contribution >= 4 is 44.2 Å². The number of carbonyl (C=O) groups is 1. The molecule has 90 valence electrons. The second-order valence-electron chi connectivity index (χ2n) is 3.08. The number of hydrogen-bond acceptors (Lipinski definition) is 3. The Morgan fingerprint density at radius 3 is 2.76 bits per heavy atom. The summed E-state index contributed by atoms with van der Waals surface area (Å²) in [4.78, 5) is 14.5. The van der Waals surface area contributed by atoms with Crippen LogP contribution in [0, 0.1) is 0 Å². The Labute approximate surface area is 102 Å². The van der Waals surface area contributed by atoms with Gasteiger partial charge in [-0.05, 0) is 18.2 Å². The molecule has 0 unspecified atom stereocenters. The van der Waals surface area contributed by atoms with E-state index in [2.05, 4.69) is 4.98 Å². The molecule has 0 bridgehead atoms. The Morgan fingerprint density at radius 2 is 2.12 bits per heavy atom. The lowest BCUT2D eigenvalue weighted by Gasteiger charge is -2.03. The minimum atomic E-state index is -4.92. The highest BCUT2D eigenvalue weighted by Crippen LogP contribution is 2.29. The lowest BCUT2D eigenvalue weighted by molar-refractivity contribution is -0.167. The average Bonchev–Trinajstić information content (AvgIpc) is 2.57. The maximum atomic E-state index is 12.0. The van der Waals surface area contributed by atoms with E-state index in [9.17, 15) is 18.0 Å². The number of aromatic nitrogens is 1. The van der Waals surface area contributed by atoms with Crippen LogP contribution in [0.3, 0.4) is 0 Å². The van der Waals surface area contributed by atoms with E-state index in [0.717, 1.165) is 11.3 Å². The SMILES string of the molecule is O=C(Nc1nc2ccc(Cl)cc2s1)C(F)(F)F. The van der Waals surface area contributed by atoms with E-state index in [1.807, 2.05) is 0 Å². The van der Waals surface area contributed by atoms with Crippen LogP contribution in [-0.2, 0) is 4.79 Å². The van der Waals surface area contributed by atoms with Gasteiger partial charge in [0.2, 0.25) is 0 Å². The Hall–Kier alpha value is -1.34. The minimum Gasteiger partial charge on any atom is -0.294 e. The first-order valence-electron chi connectivity index (χ1n) is 4.30. The highest BCUT2D eigenvalue weighted by atomic mass is 35.5. The van der Waals surface area contributed by atoms with Crippen molar-refractivity contribution in [3.63, 3.8) is 0 Å². The first-order chi connectivity index (χ1) is 7.86. The summed E-state index contributed by atoms with van der Waals surface area (Å²) in [6.07, 6.45) is -4.92. The fourth-order valence-electron chi connectivity index (χ4n) is 1.12. The maximum absolute atomic E-state index is 12.0. The number of amides is 1. The van der Waals surface area contributed by atoms with E-state index in [-0.39, 0.29) is 5.13 Å². The molecule has 3 nitrogen and oxygen atoms in total. The lowest BCUT2D eigenvalue weighted by atomic mass is 10.3. The molecule has 1 N–H and O–H groups in total. The molecule has 0 aliphatic rings. The number of benzene rings is 1. The number of fused-ring (bicyclic) bond motifs is 1. The van der Waals surface area contributed by atoms with Crippen LogP contribution in [0.25, 0.3) is 10.2 Å². The molecule has 1 heterocycles. The zero-order chi connectivity index (χ0) is 12.6. The van der Waals surface area contributed by atoms with Crippen molar-refractivity contribution in [3.05, 3.63) is 23.2 Å². The zero-order valence-electron chi connectivity index (χ0n) is 8.01. The summed E-state index contributed by atoms with van der Waals surface area (Å²) in [6.45, 7) is 0. The largest absolute Gasteiger partial charge is 0.471 e. The van der Waals surface area contributed by atoms with Crippen molar-refractivity contribution < 1.29 is 18.0 Å². The number of thiazole rings is 1. The van der Waals surface area contributed by atoms with Crippen LogP contribution in [0.5, 0.6) is 0 Å². The number of carbonyl (C=O) groups excluding carboxylic acids is 1. The Balaban J connectivity index is 2.29. The fraction of sp³-hybridized carbons (Fsp3) is 0.111. The Kier molecular flexibility index (Phi) is 2.96. The molecule has 0 fully saturated rings. The monoisotopic (exact) mass is 280 g/mol. The normalized spacial score (nSPS) is 11.8. The van der Waals surface area contributed by atoms with Crippen LogP contribution in [0.4, 0.5) is 18.3 Å². The van der Waals surface area contributed by atoms with Gasteiger partial charge in [-0.15, -0.1) is 0 Å². The second-order valence-corrected chi connectivity index (χ2v) is 4.55. The minimum absolute atomic E-state index is 0.107. The smallest absolute Gasteiger partial charge is 0.294 e. The van der Waals surface area contributed by atoms with Crippen LogP contribution in [-0.4, -0.2) is 17.1 Å². The molecular weight excluding hydrogens is 277 g/mol. The molecule has 2 aromatic rings. The number of rotatable bonds is 1. The van der Waals surface area contributed by atoms with Gasteiger partial charge in [-0.25, -0.2) is 4.98 Å². The van der Waals surface area contributed by atoms with Gasteiger partial charge in [-0.2, -0.15) is 13.2 Å². The third-order valence-corrected chi connectivity index (χ3v) is 3.00. The molecule has 0 radical (unpaired) electrons. The second kappa shape index (κ2) is 4.15. The van der Waals surface area contributed by atoms with E-state index in [4.69, 9.17) is 11.6 Å². The van der Waals surface area contributed by atoms with E-state index in [1.54, 1.807) is 23.5 Å². The molecule has 0 spiro atoms. The molecule has 0 aliphatic heterocycles. The quantitative estimate of drug-likeness (QED) is 0.869. The molecule has 8 heteroatoms. The van der Waals surface area contributed by atoms with Crippen molar-refractivity contribution in [1.82, 2.24) is 4.98 Å². The first-order valence-corrected chi connectivity index (χ1v) is 5.50. The van der Waals surface area contributed by atoms with Gasteiger partial charge in [0.05, 0.1) is 10.2 Å². The average molecular weight is 281 g/mol. The number of nitrogens with one attached hydrogen (secondary N) is 1. The number of anilines is 1. The van der Waals surface area contributed by atoms with Gasteiger partial charge < -0.3 is 0 Å². The molecule has 0 aliphatic carbocycles. The lowest BCUT2D eigenvalue weighted by Crippen LogP contribution is -2.29. The Bertz CT molecular complexity index is 581. The number of halogens is 4. The molecule has 17 heavy (non-hydrogen) atoms.